The van der Waals surface area contributed by atoms with E-state index in [0.717, 1.165) is 11.3 Å². The standard InChI is InChI=1S/C13H12N2O5S/c1-19-10-5-7(15(17)18)3-4-8(10)11-6-9(14)12(21-11)13(16)20-2/h3-6H,14H2,1-2H3. The number of methoxy groups -OCH3 is 2. The molecule has 0 saturated heterocycles. The highest BCUT2D eigenvalue weighted by molar-refractivity contribution is 7.18. The van der Waals surface area contributed by atoms with Crippen LogP contribution in [0, 0.1) is 10.1 Å². The number of nitrogen functional groups attached to an aromatic ring is 1. The molecule has 0 radical (unpaired) electrons. The largest absolute Gasteiger partial charge is 0.496 e. The quantitative estimate of drug-likeness (QED) is 0.529. The highest BCUT2D eigenvalue weighted by atomic mass is 32.1. The van der Waals surface area contributed by atoms with Crippen LogP contribution in [0.4, 0.5) is 11.4 Å². The van der Waals surface area contributed by atoms with Crippen molar-refractivity contribution in [3.63, 3.8) is 0 Å². The van der Waals surface area contributed by atoms with Gasteiger partial charge in [0.25, 0.3) is 5.69 Å². The minimum absolute atomic E-state index is 0.0756. The third-order valence-electron chi connectivity index (χ3n) is 2.79. The number of carbonyl (C=O) groups is 1. The fourth-order valence-electron chi connectivity index (χ4n) is 1.79. The maximum atomic E-state index is 11.6. The van der Waals surface area contributed by atoms with Gasteiger partial charge in [0.15, 0.2) is 0 Å². The highest BCUT2D eigenvalue weighted by Crippen LogP contribution is 2.39. The lowest BCUT2D eigenvalue weighted by Crippen LogP contribution is -2.00. The van der Waals surface area contributed by atoms with E-state index in [1.54, 1.807) is 12.1 Å². The monoisotopic (exact) mass is 308 g/mol. The number of nitro groups is 1. The van der Waals surface area contributed by atoms with Gasteiger partial charge in [-0.1, -0.05) is 0 Å². The van der Waals surface area contributed by atoms with Crippen LogP contribution in [-0.2, 0) is 4.74 Å². The van der Waals surface area contributed by atoms with Crippen LogP contribution in [0.1, 0.15) is 9.67 Å². The lowest BCUT2D eigenvalue weighted by Gasteiger charge is -2.06. The van der Waals surface area contributed by atoms with Crippen molar-refractivity contribution < 1.29 is 19.2 Å². The molecule has 8 heteroatoms. The molecule has 7 nitrogen and oxygen atoms in total. The summed E-state index contributed by atoms with van der Waals surface area (Å²) in [6.45, 7) is 0. The normalized spacial score (nSPS) is 10.2. The van der Waals surface area contributed by atoms with Gasteiger partial charge in [0.1, 0.15) is 10.6 Å². The number of hydrogen-bond acceptors (Lipinski definition) is 7. The Morgan fingerprint density at radius 2 is 2.05 bits per heavy atom. The number of nitro benzene ring substituents is 1. The van der Waals surface area contributed by atoms with E-state index in [-0.39, 0.29) is 10.6 Å². The lowest BCUT2D eigenvalue weighted by atomic mass is 10.1. The molecule has 1 aromatic carbocycles. The molecule has 0 aliphatic rings. The fourth-order valence-corrected chi connectivity index (χ4v) is 2.81. The molecule has 1 aromatic heterocycles. The van der Waals surface area contributed by atoms with E-state index in [1.807, 2.05) is 0 Å². The summed E-state index contributed by atoms with van der Waals surface area (Å²) in [7, 11) is 2.69. The van der Waals surface area contributed by atoms with Gasteiger partial charge < -0.3 is 15.2 Å². The van der Waals surface area contributed by atoms with Crippen LogP contribution < -0.4 is 10.5 Å². The number of hydrogen-bond donors (Lipinski definition) is 1. The predicted octanol–water partition coefficient (Wildman–Crippen LogP) is 2.70. The smallest absolute Gasteiger partial charge is 0.350 e. The van der Waals surface area contributed by atoms with E-state index in [9.17, 15) is 14.9 Å². The van der Waals surface area contributed by atoms with Gasteiger partial charge in [-0.3, -0.25) is 10.1 Å². The van der Waals surface area contributed by atoms with Gasteiger partial charge in [-0.05, 0) is 12.1 Å². The molecule has 21 heavy (non-hydrogen) atoms. The van der Waals surface area contributed by atoms with Crippen molar-refractivity contribution in [1.82, 2.24) is 0 Å². The van der Waals surface area contributed by atoms with Crippen molar-refractivity contribution >= 4 is 28.7 Å². The summed E-state index contributed by atoms with van der Waals surface area (Å²) in [5.74, 6) is -0.188. The maximum Gasteiger partial charge on any atom is 0.350 e. The zero-order valence-electron chi connectivity index (χ0n) is 11.3. The second kappa shape index (κ2) is 5.80. The Labute approximate surface area is 124 Å². The van der Waals surface area contributed by atoms with E-state index in [2.05, 4.69) is 4.74 Å². The summed E-state index contributed by atoms with van der Waals surface area (Å²) in [4.78, 5) is 22.8. The summed E-state index contributed by atoms with van der Waals surface area (Å²) in [6, 6.07) is 5.86. The number of esters is 1. The summed E-state index contributed by atoms with van der Waals surface area (Å²) >= 11 is 1.14. The molecule has 0 fully saturated rings. The first-order chi connectivity index (χ1) is 9.97. The number of anilines is 1. The Bertz CT molecular complexity index is 711. The Hall–Kier alpha value is -2.61. The molecule has 2 rings (SSSR count). The van der Waals surface area contributed by atoms with Gasteiger partial charge in [0, 0.05) is 16.5 Å². The first-order valence-corrected chi connectivity index (χ1v) is 6.60. The Morgan fingerprint density at radius 3 is 2.62 bits per heavy atom. The Balaban J connectivity index is 2.51. The molecule has 0 aliphatic carbocycles. The number of benzene rings is 1. The molecule has 0 unspecified atom stereocenters. The zero-order valence-corrected chi connectivity index (χ0v) is 12.1. The van der Waals surface area contributed by atoms with Crippen LogP contribution in [0.2, 0.25) is 0 Å². The van der Waals surface area contributed by atoms with Gasteiger partial charge >= 0.3 is 5.97 Å². The maximum absolute atomic E-state index is 11.6. The van der Waals surface area contributed by atoms with Crippen molar-refractivity contribution in [2.24, 2.45) is 0 Å². The van der Waals surface area contributed by atoms with Gasteiger partial charge in [-0.15, -0.1) is 11.3 Å². The Kier molecular flexibility index (Phi) is 4.08. The SMILES string of the molecule is COC(=O)c1sc(-c2ccc([N+](=O)[O-])cc2OC)cc1N. The first kappa shape index (κ1) is 14.8. The van der Waals surface area contributed by atoms with E-state index in [0.29, 0.717) is 21.9 Å². The fraction of sp³-hybridized carbons (Fsp3) is 0.154. The molecule has 0 amide bonds. The summed E-state index contributed by atoms with van der Waals surface area (Å²) in [6.07, 6.45) is 0. The minimum atomic E-state index is -0.523. The van der Waals surface area contributed by atoms with Crippen molar-refractivity contribution in [3.8, 4) is 16.2 Å². The number of thiophene rings is 1. The highest BCUT2D eigenvalue weighted by Gasteiger charge is 2.19. The minimum Gasteiger partial charge on any atom is -0.496 e. The third kappa shape index (κ3) is 2.79. The molecule has 110 valence electrons. The van der Waals surface area contributed by atoms with E-state index in [1.165, 1.54) is 26.4 Å². The van der Waals surface area contributed by atoms with Gasteiger partial charge in [-0.2, -0.15) is 0 Å². The zero-order chi connectivity index (χ0) is 15.6. The topological polar surface area (TPSA) is 105 Å². The van der Waals surface area contributed by atoms with Gasteiger partial charge in [0.05, 0.1) is 30.9 Å². The van der Waals surface area contributed by atoms with Crippen LogP contribution >= 0.6 is 11.3 Å². The van der Waals surface area contributed by atoms with Crippen LogP contribution in [0.15, 0.2) is 24.3 Å². The summed E-state index contributed by atoms with van der Waals surface area (Å²) in [5.41, 5.74) is 6.62. The second-order valence-electron chi connectivity index (χ2n) is 4.03. The van der Waals surface area contributed by atoms with Crippen LogP contribution in [-0.4, -0.2) is 25.1 Å². The summed E-state index contributed by atoms with van der Waals surface area (Å²) in [5, 5.41) is 10.8. The second-order valence-corrected chi connectivity index (χ2v) is 5.08. The molecule has 0 spiro atoms. The number of rotatable bonds is 4. The molecule has 0 bridgehead atoms. The van der Waals surface area contributed by atoms with Crippen LogP contribution in [0.5, 0.6) is 5.75 Å². The van der Waals surface area contributed by atoms with Crippen LogP contribution in [0.3, 0.4) is 0 Å². The predicted molar refractivity (Wildman–Crippen MR) is 78.7 cm³/mol. The molecular formula is C13H12N2O5S. The van der Waals surface area contributed by atoms with Crippen LogP contribution in [0.25, 0.3) is 10.4 Å². The third-order valence-corrected chi connectivity index (χ3v) is 3.96. The molecule has 0 saturated carbocycles. The van der Waals surface area contributed by atoms with Crippen molar-refractivity contribution in [2.45, 2.75) is 0 Å². The number of non-ortho nitro benzene ring substituents is 1. The van der Waals surface area contributed by atoms with E-state index in [4.69, 9.17) is 10.5 Å². The molecule has 0 atom stereocenters. The number of ether oxygens (including phenoxy) is 2. The number of carbonyl (C=O) groups excluding carboxylic acids is 1. The molecule has 2 N–H and O–H groups in total. The molecule has 1 heterocycles. The Morgan fingerprint density at radius 1 is 1.33 bits per heavy atom. The van der Waals surface area contributed by atoms with Crippen molar-refractivity contribution in [2.75, 3.05) is 20.0 Å². The average Bonchev–Trinajstić information content (AvgIpc) is 2.87. The molecule has 2 aromatic rings. The van der Waals surface area contributed by atoms with Crippen molar-refractivity contribution in [1.29, 1.82) is 0 Å². The van der Waals surface area contributed by atoms with Gasteiger partial charge in [-0.25, -0.2) is 4.79 Å². The molecule has 0 aliphatic heterocycles. The summed E-state index contributed by atoms with van der Waals surface area (Å²) < 4.78 is 9.82. The number of nitrogens with two attached hydrogens (primary N) is 1. The van der Waals surface area contributed by atoms with Crippen molar-refractivity contribution in [3.05, 3.63) is 39.3 Å². The van der Waals surface area contributed by atoms with Gasteiger partial charge in [0.2, 0.25) is 0 Å². The number of nitrogens with zero attached hydrogens (tertiary/aromatic N) is 1. The first-order valence-electron chi connectivity index (χ1n) is 5.78. The lowest BCUT2D eigenvalue weighted by molar-refractivity contribution is -0.384. The van der Waals surface area contributed by atoms with E-state index < -0.39 is 10.9 Å². The van der Waals surface area contributed by atoms with E-state index >= 15 is 0 Å². The average molecular weight is 308 g/mol. The molecular weight excluding hydrogens is 296 g/mol.